The lowest BCUT2D eigenvalue weighted by Crippen LogP contribution is -2.15. The second kappa shape index (κ2) is 2.98. The Morgan fingerprint density at radius 3 is 3.38 bits per heavy atom. The van der Waals surface area contributed by atoms with Crippen molar-refractivity contribution in [1.29, 1.82) is 0 Å². The third-order valence-electron chi connectivity index (χ3n) is 1.22. The van der Waals surface area contributed by atoms with Crippen molar-refractivity contribution in [2.75, 3.05) is 0 Å². The van der Waals surface area contributed by atoms with E-state index in [1.54, 1.807) is 0 Å². The van der Waals surface area contributed by atoms with Gasteiger partial charge < -0.3 is 5.32 Å². The van der Waals surface area contributed by atoms with Gasteiger partial charge in [-0.2, -0.15) is 0 Å². The van der Waals surface area contributed by atoms with Gasteiger partial charge in [0.1, 0.15) is 5.50 Å². The van der Waals surface area contributed by atoms with Crippen molar-refractivity contribution in [1.82, 2.24) is 5.32 Å². The number of alkyl halides is 1. The van der Waals surface area contributed by atoms with Crippen LogP contribution in [0.25, 0.3) is 0 Å². The standard InChI is InChI=1S/C6H10ClN/c7-6-4-2-1-3-5-8-6/h3,5-6,8H,1-2,4H2. The van der Waals surface area contributed by atoms with Crippen LogP contribution in [-0.2, 0) is 0 Å². The first kappa shape index (κ1) is 5.96. The lowest BCUT2D eigenvalue weighted by molar-refractivity contribution is 0.679. The first-order valence-electron chi connectivity index (χ1n) is 2.95. The Bertz CT molecular complexity index is 90.5. The molecule has 1 aliphatic heterocycles. The maximum absolute atomic E-state index is 5.76. The van der Waals surface area contributed by atoms with Crippen LogP contribution in [0.15, 0.2) is 12.3 Å². The molecule has 1 rings (SSSR count). The SMILES string of the molecule is ClC1CCCC=CN1. The summed E-state index contributed by atoms with van der Waals surface area (Å²) in [6.45, 7) is 0. The van der Waals surface area contributed by atoms with Crippen LogP contribution in [-0.4, -0.2) is 5.50 Å². The summed E-state index contributed by atoms with van der Waals surface area (Å²) in [6, 6.07) is 0. The van der Waals surface area contributed by atoms with Crippen LogP contribution in [0.4, 0.5) is 0 Å². The van der Waals surface area contributed by atoms with Gasteiger partial charge in [-0.1, -0.05) is 17.7 Å². The molecule has 0 aromatic carbocycles. The maximum atomic E-state index is 5.76. The molecule has 0 spiro atoms. The van der Waals surface area contributed by atoms with E-state index in [9.17, 15) is 0 Å². The zero-order valence-electron chi connectivity index (χ0n) is 4.73. The minimum absolute atomic E-state index is 0.161. The average molecular weight is 132 g/mol. The fourth-order valence-electron chi connectivity index (χ4n) is 0.754. The molecule has 1 unspecified atom stereocenters. The van der Waals surface area contributed by atoms with E-state index in [1.165, 1.54) is 6.42 Å². The summed E-state index contributed by atoms with van der Waals surface area (Å²) < 4.78 is 0. The highest BCUT2D eigenvalue weighted by Gasteiger charge is 2.01. The molecule has 0 saturated carbocycles. The van der Waals surface area contributed by atoms with E-state index in [4.69, 9.17) is 11.6 Å². The minimum atomic E-state index is 0.161. The predicted molar refractivity (Wildman–Crippen MR) is 35.8 cm³/mol. The molecule has 46 valence electrons. The van der Waals surface area contributed by atoms with E-state index >= 15 is 0 Å². The number of nitrogens with one attached hydrogen (secondary N) is 1. The van der Waals surface area contributed by atoms with Crippen LogP contribution in [0.2, 0.25) is 0 Å². The van der Waals surface area contributed by atoms with Crippen molar-refractivity contribution in [3.05, 3.63) is 12.3 Å². The summed E-state index contributed by atoms with van der Waals surface area (Å²) in [4.78, 5) is 0. The van der Waals surface area contributed by atoms with Crippen LogP contribution in [0, 0.1) is 0 Å². The quantitative estimate of drug-likeness (QED) is 0.391. The maximum Gasteiger partial charge on any atom is 0.101 e. The second-order valence-electron chi connectivity index (χ2n) is 1.97. The molecule has 1 N–H and O–H groups in total. The first-order chi connectivity index (χ1) is 3.89. The van der Waals surface area contributed by atoms with Crippen LogP contribution < -0.4 is 5.32 Å². The van der Waals surface area contributed by atoms with E-state index in [1.807, 2.05) is 6.20 Å². The van der Waals surface area contributed by atoms with Gasteiger partial charge >= 0.3 is 0 Å². The van der Waals surface area contributed by atoms with Gasteiger partial charge in [-0.15, -0.1) is 0 Å². The molecule has 1 heterocycles. The smallest absolute Gasteiger partial charge is 0.101 e. The molecular weight excluding hydrogens is 122 g/mol. The number of halogens is 1. The van der Waals surface area contributed by atoms with E-state index < -0.39 is 0 Å². The van der Waals surface area contributed by atoms with Gasteiger partial charge in [0.25, 0.3) is 0 Å². The van der Waals surface area contributed by atoms with Gasteiger partial charge in [0.05, 0.1) is 0 Å². The Labute approximate surface area is 54.7 Å². The third-order valence-corrected chi connectivity index (χ3v) is 1.57. The first-order valence-corrected chi connectivity index (χ1v) is 3.38. The molecule has 0 radical (unpaired) electrons. The Kier molecular flexibility index (Phi) is 2.22. The summed E-state index contributed by atoms with van der Waals surface area (Å²) in [5.74, 6) is 0. The number of hydrogen-bond donors (Lipinski definition) is 1. The molecule has 2 heteroatoms. The van der Waals surface area contributed by atoms with Crippen LogP contribution in [0.3, 0.4) is 0 Å². The van der Waals surface area contributed by atoms with Crippen molar-refractivity contribution in [2.45, 2.75) is 24.8 Å². The molecule has 0 aromatic rings. The highest BCUT2D eigenvalue weighted by molar-refractivity contribution is 6.20. The lowest BCUT2D eigenvalue weighted by Gasteiger charge is -2.03. The van der Waals surface area contributed by atoms with Crippen molar-refractivity contribution >= 4 is 11.6 Å². The summed E-state index contributed by atoms with van der Waals surface area (Å²) in [5, 5.41) is 3.03. The molecular formula is C6H10ClN. The van der Waals surface area contributed by atoms with E-state index in [-0.39, 0.29) is 5.50 Å². The van der Waals surface area contributed by atoms with E-state index in [0.29, 0.717) is 0 Å². The van der Waals surface area contributed by atoms with Gasteiger partial charge in [0.15, 0.2) is 0 Å². The number of hydrogen-bond acceptors (Lipinski definition) is 1. The molecule has 1 aliphatic rings. The second-order valence-corrected chi connectivity index (χ2v) is 2.49. The van der Waals surface area contributed by atoms with Crippen molar-refractivity contribution in [2.24, 2.45) is 0 Å². The van der Waals surface area contributed by atoms with E-state index in [2.05, 4.69) is 11.4 Å². The highest BCUT2D eigenvalue weighted by atomic mass is 35.5. The predicted octanol–water partition coefficient (Wildman–Crippen LogP) is 1.84. The summed E-state index contributed by atoms with van der Waals surface area (Å²) in [7, 11) is 0. The van der Waals surface area contributed by atoms with Crippen molar-refractivity contribution < 1.29 is 0 Å². The van der Waals surface area contributed by atoms with Crippen LogP contribution in [0.1, 0.15) is 19.3 Å². The summed E-state index contributed by atoms with van der Waals surface area (Å²) >= 11 is 5.76. The van der Waals surface area contributed by atoms with Gasteiger partial charge in [-0.3, -0.25) is 0 Å². The highest BCUT2D eigenvalue weighted by Crippen LogP contribution is 2.07. The Morgan fingerprint density at radius 1 is 1.62 bits per heavy atom. The molecule has 8 heavy (non-hydrogen) atoms. The largest absolute Gasteiger partial charge is 0.375 e. The van der Waals surface area contributed by atoms with E-state index in [0.717, 1.165) is 12.8 Å². The Balaban J connectivity index is 2.30. The molecule has 0 saturated heterocycles. The molecule has 0 amide bonds. The molecule has 0 fully saturated rings. The summed E-state index contributed by atoms with van der Waals surface area (Å²) in [5.41, 5.74) is 0.161. The number of rotatable bonds is 0. The zero-order chi connectivity index (χ0) is 5.82. The number of allylic oxidation sites excluding steroid dienone is 1. The average Bonchev–Trinajstić information content (AvgIpc) is 1.94. The molecule has 1 atom stereocenters. The zero-order valence-corrected chi connectivity index (χ0v) is 5.49. The third kappa shape index (κ3) is 1.74. The minimum Gasteiger partial charge on any atom is -0.375 e. The molecule has 1 nitrogen and oxygen atoms in total. The Morgan fingerprint density at radius 2 is 2.50 bits per heavy atom. The van der Waals surface area contributed by atoms with Gasteiger partial charge in [0.2, 0.25) is 0 Å². The summed E-state index contributed by atoms with van der Waals surface area (Å²) in [6.07, 6.45) is 7.50. The van der Waals surface area contributed by atoms with Crippen molar-refractivity contribution in [3.8, 4) is 0 Å². The normalized spacial score (nSPS) is 28.9. The van der Waals surface area contributed by atoms with Crippen LogP contribution in [0.5, 0.6) is 0 Å². The Hall–Kier alpha value is -0.170. The molecule has 0 bridgehead atoms. The van der Waals surface area contributed by atoms with Crippen molar-refractivity contribution in [3.63, 3.8) is 0 Å². The van der Waals surface area contributed by atoms with Gasteiger partial charge in [-0.25, -0.2) is 0 Å². The van der Waals surface area contributed by atoms with Crippen LogP contribution >= 0.6 is 11.6 Å². The van der Waals surface area contributed by atoms with Gasteiger partial charge in [0, 0.05) is 0 Å². The fourth-order valence-corrected chi connectivity index (χ4v) is 0.981. The molecule has 0 aromatic heterocycles. The molecule has 0 aliphatic carbocycles. The topological polar surface area (TPSA) is 12.0 Å². The fraction of sp³-hybridized carbons (Fsp3) is 0.667. The van der Waals surface area contributed by atoms with Gasteiger partial charge in [-0.05, 0) is 25.5 Å². The monoisotopic (exact) mass is 131 g/mol. The lowest BCUT2D eigenvalue weighted by atomic mass is 10.2.